The number of likely N-dealkylation sites (tertiary alicyclic amines) is 1. The highest BCUT2D eigenvalue weighted by Gasteiger charge is 2.17. The number of hydrogen-bond acceptors (Lipinski definition) is 1. The van der Waals surface area contributed by atoms with Gasteiger partial charge in [-0.15, -0.1) is 12.4 Å². The van der Waals surface area contributed by atoms with Gasteiger partial charge in [-0.2, -0.15) is 0 Å². The third-order valence-electron chi connectivity index (χ3n) is 3.76. The normalized spacial score (nSPS) is 21.8. The quantitative estimate of drug-likeness (QED) is 0.599. The molecule has 1 unspecified atom stereocenters. The van der Waals surface area contributed by atoms with Gasteiger partial charge in [0.25, 0.3) is 0 Å². The average molecular weight is 248 g/mol. The van der Waals surface area contributed by atoms with E-state index in [9.17, 15) is 0 Å². The van der Waals surface area contributed by atoms with Crippen LogP contribution in [0, 0.1) is 5.92 Å². The van der Waals surface area contributed by atoms with Crippen LogP contribution in [0.1, 0.15) is 65.2 Å². The van der Waals surface area contributed by atoms with Crippen molar-refractivity contribution in [3.63, 3.8) is 0 Å². The van der Waals surface area contributed by atoms with Gasteiger partial charge >= 0.3 is 0 Å². The van der Waals surface area contributed by atoms with E-state index < -0.39 is 0 Å². The van der Waals surface area contributed by atoms with Crippen LogP contribution >= 0.6 is 12.4 Å². The highest BCUT2D eigenvalue weighted by Crippen LogP contribution is 2.19. The van der Waals surface area contributed by atoms with Crippen molar-refractivity contribution < 1.29 is 0 Å². The van der Waals surface area contributed by atoms with E-state index in [1.54, 1.807) is 0 Å². The van der Waals surface area contributed by atoms with Crippen LogP contribution in [-0.4, -0.2) is 24.5 Å². The number of rotatable bonds is 7. The Hall–Kier alpha value is 0.250. The largest absolute Gasteiger partial charge is 0.303 e. The third-order valence-corrected chi connectivity index (χ3v) is 3.76. The van der Waals surface area contributed by atoms with Crippen molar-refractivity contribution in [2.24, 2.45) is 5.92 Å². The lowest BCUT2D eigenvalue weighted by Crippen LogP contribution is -2.35. The van der Waals surface area contributed by atoms with Crippen molar-refractivity contribution in [2.75, 3.05) is 19.6 Å². The van der Waals surface area contributed by atoms with Crippen LogP contribution in [0.15, 0.2) is 0 Å². The Morgan fingerprint density at radius 1 is 1.06 bits per heavy atom. The van der Waals surface area contributed by atoms with E-state index in [1.807, 2.05) is 0 Å². The maximum atomic E-state index is 2.70. The Kier molecular flexibility index (Phi) is 10.6. The van der Waals surface area contributed by atoms with Gasteiger partial charge < -0.3 is 4.90 Å². The molecule has 1 atom stereocenters. The summed E-state index contributed by atoms with van der Waals surface area (Å²) < 4.78 is 0. The molecule has 0 radical (unpaired) electrons. The van der Waals surface area contributed by atoms with E-state index in [0.717, 1.165) is 5.92 Å². The van der Waals surface area contributed by atoms with Crippen LogP contribution in [0.25, 0.3) is 0 Å². The molecular weight excluding hydrogens is 218 g/mol. The molecule has 16 heavy (non-hydrogen) atoms. The first-order valence-corrected chi connectivity index (χ1v) is 7.09. The van der Waals surface area contributed by atoms with E-state index in [-0.39, 0.29) is 12.4 Å². The molecule has 0 amide bonds. The highest BCUT2D eigenvalue weighted by atomic mass is 35.5. The Morgan fingerprint density at radius 2 is 1.81 bits per heavy atom. The molecule has 0 bridgehead atoms. The Balaban J connectivity index is 0.00000225. The van der Waals surface area contributed by atoms with Crippen molar-refractivity contribution in [3.05, 3.63) is 0 Å². The van der Waals surface area contributed by atoms with Gasteiger partial charge in [-0.25, -0.2) is 0 Å². The zero-order valence-electron chi connectivity index (χ0n) is 11.2. The topological polar surface area (TPSA) is 3.24 Å². The van der Waals surface area contributed by atoms with Crippen molar-refractivity contribution in [1.82, 2.24) is 4.90 Å². The van der Waals surface area contributed by atoms with Crippen LogP contribution in [0.4, 0.5) is 0 Å². The molecule has 1 saturated heterocycles. The molecule has 0 spiro atoms. The SMILES string of the molecule is CCCCCCCN1CCCC(CC)C1.Cl. The molecule has 2 heteroatoms. The number of unbranched alkanes of at least 4 members (excludes halogenated alkanes) is 4. The molecule has 1 heterocycles. The summed E-state index contributed by atoms with van der Waals surface area (Å²) in [5.74, 6) is 0.995. The zero-order valence-corrected chi connectivity index (χ0v) is 12.0. The molecule has 1 nitrogen and oxygen atoms in total. The lowest BCUT2D eigenvalue weighted by atomic mass is 9.95. The summed E-state index contributed by atoms with van der Waals surface area (Å²) in [6.07, 6.45) is 11.4. The van der Waals surface area contributed by atoms with E-state index >= 15 is 0 Å². The Labute approximate surface area is 108 Å². The van der Waals surface area contributed by atoms with Crippen LogP contribution < -0.4 is 0 Å². The molecule has 0 N–H and O–H groups in total. The van der Waals surface area contributed by atoms with Crippen LogP contribution in [0.3, 0.4) is 0 Å². The Morgan fingerprint density at radius 3 is 2.50 bits per heavy atom. The van der Waals surface area contributed by atoms with Crippen LogP contribution in [0.5, 0.6) is 0 Å². The molecule has 1 rings (SSSR count). The van der Waals surface area contributed by atoms with Crippen molar-refractivity contribution in [2.45, 2.75) is 65.2 Å². The summed E-state index contributed by atoms with van der Waals surface area (Å²) in [5, 5.41) is 0. The second-order valence-electron chi connectivity index (χ2n) is 5.13. The van der Waals surface area contributed by atoms with Gasteiger partial charge in [0.05, 0.1) is 0 Å². The first kappa shape index (κ1) is 16.2. The zero-order chi connectivity index (χ0) is 10.9. The summed E-state index contributed by atoms with van der Waals surface area (Å²) in [4.78, 5) is 2.70. The molecule has 1 fully saturated rings. The van der Waals surface area contributed by atoms with Gasteiger partial charge in [-0.05, 0) is 38.3 Å². The minimum Gasteiger partial charge on any atom is -0.303 e. The highest BCUT2D eigenvalue weighted by molar-refractivity contribution is 5.85. The molecule has 98 valence electrons. The fourth-order valence-electron chi connectivity index (χ4n) is 2.63. The van der Waals surface area contributed by atoms with Crippen LogP contribution in [-0.2, 0) is 0 Å². The lowest BCUT2D eigenvalue weighted by Gasteiger charge is -2.32. The molecule has 0 aromatic rings. The number of piperidine rings is 1. The summed E-state index contributed by atoms with van der Waals surface area (Å²) in [6, 6.07) is 0. The summed E-state index contributed by atoms with van der Waals surface area (Å²) in [7, 11) is 0. The number of halogens is 1. The summed E-state index contributed by atoms with van der Waals surface area (Å²) in [5.41, 5.74) is 0. The molecule has 0 aromatic heterocycles. The predicted molar refractivity (Wildman–Crippen MR) is 75.5 cm³/mol. The van der Waals surface area contributed by atoms with Gasteiger partial charge in [0.15, 0.2) is 0 Å². The maximum absolute atomic E-state index is 2.70. The first-order chi connectivity index (χ1) is 7.36. The monoisotopic (exact) mass is 247 g/mol. The smallest absolute Gasteiger partial charge is 0.000956 e. The minimum atomic E-state index is 0. The molecule has 0 aromatic carbocycles. The second-order valence-corrected chi connectivity index (χ2v) is 5.13. The maximum Gasteiger partial charge on any atom is 0.000956 e. The molecule has 1 aliphatic rings. The Bertz CT molecular complexity index is 150. The van der Waals surface area contributed by atoms with Crippen molar-refractivity contribution in [1.29, 1.82) is 0 Å². The first-order valence-electron chi connectivity index (χ1n) is 7.09. The third kappa shape index (κ3) is 6.75. The van der Waals surface area contributed by atoms with E-state index in [4.69, 9.17) is 0 Å². The standard InChI is InChI=1S/C14H29N.ClH/c1-3-5-6-7-8-11-15-12-9-10-14(4-2)13-15;/h14H,3-13H2,1-2H3;1H. The average Bonchev–Trinajstić information content (AvgIpc) is 2.29. The predicted octanol–water partition coefficient (Wildman–Crippen LogP) is 4.50. The fourth-order valence-corrected chi connectivity index (χ4v) is 2.63. The van der Waals surface area contributed by atoms with Crippen molar-refractivity contribution in [3.8, 4) is 0 Å². The molecule has 0 aliphatic carbocycles. The number of hydrogen-bond donors (Lipinski definition) is 0. The van der Waals surface area contributed by atoms with Crippen molar-refractivity contribution >= 4 is 12.4 Å². The number of nitrogens with zero attached hydrogens (tertiary/aromatic N) is 1. The molecular formula is C14H30ClN. The van der Waals surface area contributed by atoms with Gasteiger partial charge in [0, 0.05) is 6.54 Å². The van der Waals surface area contributed by atoms with E-state index in [2.05, 4.69) is 18.7 Å². The summed E-state index contributed by atoms with van der Waals surface area (Å²) >= 11 is 0. The van der Waals surface area contributed by atoms with Gasteiger partial charge in [-0.1, -0.05) is 46.0 Å². The fraction of sp³-hybridized carbons (Fsp3) is 1.00. The minimum absolute atomic E-state index is 0. The van der Waals surface area contributed by atoms with Gasteiger partial charge in [0.2, 0.25) is 0 Å². The second kappa shape index (κ2) is 10.4. The molecule has 0 saturated carbocycles. The van der Waals surface area contributed by atoms with Gasteiger partial charge in [-0.3, -0.25) is 0 Å². The van der Waals surface area contributed by atoms with Gasteiger partial charge in [0.1, 0.15) is 0 Å². The molecule has 1 aliphatic heterocycles. The van der Waals surface area contributed by atoms with Crippen LogP contribution in [0.2, 0.25) is 0 Å². The van der Waals surface area contributed by atoms with E-state index in [1.165, 1.54) is 71.0 Å². The van der Waals surface area contributed by atoms with E-state index in [0.29, 0.717) is 0 Å². The lowest BCUT2D eigenvalue weighted by molar-refractivity contribution is 0.169. The summed E-state index contributed by atoms with van der Waals surface area (Å²) in [6.45, 7) is 8.74.